The van der Waals surface area contributed by atoms with E-state index in [1.54, 1.807) is 10.7 Å². The molecule has 0 spiro atoms. The molecule has 0 aliphatic carbocycles. The number of halogens is 2. The Labute approximate surface area is 176 Å². The van der Waals surface area contributed by atoms with Gasteiger partial charge in [-0.15, -0.1) is 10.2 Å². The minimum absolute atomic E-state index is 0.268. The first-order valence-electron chi connectivity index (χ1n) is 10.3. The van der Waals surface area contributed by atoms with Crippen molar-refractivity contribution in [2.75, 3.05) is 18.1 Å². The molecule has 31 heavy (non-hydrogen) atoms. The summed E-state index contributed by atoms with van der Waals surface area (Å²) in [5.74, 6) is 1.33. The Bertz CT molecular complexity index is 1280. The first kappa shape index (κ1) is 18.4. The summed E-state index contributed by atoms with van der Waals surface area (Å²) in [6.45, 7) is 2.41. The molecule has 0 amide bonds. The second-order valence-electron chi connectivity index (χ2n) is 7.77. The van der Waals surface area contributed by atoms with E-state index < -0.39 is 11.6 Å². The highest BCUT2D eigenvalue weighted by molar-refractivity contribution is 5.73. The number of anilines is 1. The van der Waals surface area contributed by atoms with Gasteiger partial charge >= 0.3 is 0 Å². The summed E-state index contributed by atoms with van der Waals surface area (Å²) >= 11 is 0. The molecule has 10 heteroatoms. The average molecular weight is 423 g/mol. The van der Waals surface area contributed by atoms with E-state index in [2.05, 4.69) is 15.3 Å². The first-order valence-corrected chi connectivity index (χ1v) is 10.3. The van der Waals surface area contributed by atoms with Crippen LogP contribution in [0, 0.1) is 11.6 Å². The molecule has 8 nitrogen and oxygen atoms in total. The van der Waals surface area contributed by atoms with Crippen LogP contribution in [0.25, 0.3) is 17.0 Å². The van der Waals surface area contributed by atoms with Gasteiger partial charge in [0.2, 0.25) is 0 Å². The van der Waals surface area contributed by atoms with Gasteiger partial charge in [-0.2, -0.15) is 5.10 Å². The lowest BCUT2D eigenvalue weighted by molar-refractivity contribution is 0.0821. The van der Waals surface area contributed by atoms with Gasteiger partial charge in [0.25, 0.3) is 0 Å². The zero-order chi connectivity index (χ0) is 20.9. The number of hydrogen-bond acceptors (Lipinski definition) is 6. The van der Waals surface area contributed by atoms with E-state index in [0.29, 0.717) is 49.2 Å². The van der Waals surface area contributed by atoms with Crippen LogP contribution < -0.4 is 4.90 Å². The van der Waals surface area contributed by atoms with E-state index in [9.17, 15) is 8.78 Å². The fourth-order valence-corrected chi connectivity index (χ4v) is 4.51. The Morgan fingerprint density at radius 1 is 1.10 bits per heavy atom. The van der Waals surface area contributed by atoms with Crippen molar-refractivity contribution in [3.63, 3.8) is 0 Å². The van der Waals surface area contributed by atoms with Crippen molar-refractivity contribution in [2.24, 2.45) is 0 Å². The summed E-state index contributed by atoms with van der Waals surface area (Å²) in [4.78, 5) is 6.88. The normalized spacial score (nSPS) is 18.6. The van der Waals surface area contributed by atoms with Crippen LogP contribution in [0.3, 0.4) is 0 Å². The van der Waals surface area contributed by atoms with Gasteiger partial charge in [-0.25, -0.2) is 18.3 Å². The molecule has 1 atom stereocenters. The van der Waals surface area contributed by atoms with Crippen molar-refractivity contribution < 1.29 is 13.5 Å². The van der Waals surface area contributed by atoms with E-state index in [4.69, 9.17) is 9.72 Å². The summed E-state index contributed by atoms with van der Waals surface area (Å²) in [6, 6.07) is 5.20. The highest BCUT2D eigenvalue weighted by atomic mass is 19.1. The molecular weight excluding hydrogens is 404 g/mol. The molecule has 0 saturated carbocycles. The molecule has 0 bridgehead atoms. The second-order valence-corrected chi connectivity index (χ2v) is 7.77. The first-order chi connectivity index (χ1) is 15.2. The third kappa shape index (κ3) is 2.97. The summed E-state index contributed by atoms with van der Waals surface area (Å²) in [6.07, 6.45) is 5.16. The van der Waals surface area contributed by atoms with Crippen molar-refractivity contribution in [1.82, 2.24) is 29.4 Å². The van der Waals surface area contributed by atoms with Crippen LogP contribution in [-0.2, 0) is 17.9 Å². The van der Waals surface area contributed by atoms with Gasteiger partial charge in [0.1, 0.15) is 24.1 Å². The topological polar surface area (TPSA) is 73.4 Å². The Kier molecular flexibility index (Phi) is 4.20. The molecule has 2 aliphatic heterocycles. The summed E-state index contributed by atoms with van der Waals surface area (Å²) in [5.41, 5.74) is 1.78. The smallest absolute Gasteiger partial charge is 0.169 e. The predicted octanol–water partition coefficient (Wildman–Crippen LogP) is 3.14. The molecule has 2 aliphatic rings. The molecule has 0 N–H and O–H groups in total. The standard InChI is InChI=1S/C21H19F2N7O/c22-13-3-4-16(23)14(10-13)17-2-1-6-28(17)18-5-7-30-20(25-18)15(11-24-30)21-27-26-19-12-31-9-8-29(19)21/h3-5,7,10-11,17H,1-2,6,8-9,12H2/t17-/m1/s1. The predicted molar refractivity (Wildman–Crippen MR) is 107 cm³/mol. The van der Waals surface area contributed by atoms with Crippen molar-refractivity contribution in [3.8, 4) is 11.4 Å². The SMILES string of the molecule is Fc1ccc(F)c([C@H]2CCCN2c2ccn3ncc(-c4nnc5n4CCOC5)c3n2)c1. The zero-order valence-electron chi connectivity index (χ0n) is 16.6. The van der Waals surface area contributed by atoms with Gasteiger partial charge in [0.15, 0.2) is 17.3 Å². The Hall–Kier alpha value is -3.40. The molecular formula is C21H19F2N7O. The molecule has 0 unspecified atom stereocenters. The molecule has 4 aromatic rings. The molecule has 1 aromatic carbocycles. The van der Waals surface area contributed by atoms with E-state index in [1.165, 1.54) is 12.1 Å². The highest BCUT2D eigenvalue weighted by Gasteiger charge is 2.30. The molecule has 158 valence electrons. The zero-order valence-corrected chi connectivity index (χ0v) is 16.6. The summed E-state index contributed by atoms with van der Waals surface area (Å²) < 4.78 is 37.4. The number of fused-ring (bicyclic) bond motifs is 2. The van der Waals surface area contributed by atoms with Crippen LogP contribution in [0.2, 0.25) is 0 Å². The van der Waals surface area contributed by atoms with Crippen LogP contribution in [0.4, 0.5) is 14.6 Å². The maximum Gasteiger partial charge on any atom is 0.169 e. The molecule has 0 radical (unpaired) electrons. The average Bonchev–Trinajstić information content (AvgIpc) is 3.52. The summed E-state index contributed by atoms with van der Waals surface area (Å²) in [5, 5.41) is 13.0. The minimum Gasteiger partial charge on any atom is -0.372 e. The maximum absolute atomic E-state index is 14.5. The van der Waals surface area contributed by atoms with E-state index in [-0.39, 0.29) is 6.04 Å². The minimum atomic E-state index is -0.440. The van der Waals surface area contributed by atoms with Crippen LogP contribution in [-0.4, -0.2) is 42.5 Å². The lowest BCUT2D eigenvalue weighted by Crippen LogP contribution is -2.24. The second kappa shape index (κ2) is 7.09. The number of hydrogen-bond donors (Lipinski definition) is 0. The fourth-order valence-electron chi connectivity index (χ4n) is 4.51. The molecule has 6 rings (SSSR count). The lowest BCUT2D eigenvalue weighted by atomic mass is 10.0. The number of aromatic nitrogens is 6. The van der Waals surface area contributed by atoms with Crippen LogP contribution in [0.5, 0.6) is 0 Å². The van der Waals surface area contributed by atoms with Gasteiger partial charge < -0.3 is 14.2 Å². The van der Waals surface area contributed by atoms with Crippen molar-refractivity contribution in [2.45, 2.75) is 32.0 Å². The molecule has 5 heterocycles. The van der Waals surface area contributed by atoms with Crippen LogP contribution in [0.1, 0.15) is 30.3 Å². The largest absolute Gasteiger partial charge is 0.372 e. The summed E-state index contributed by atoms with van der Waals surface area (Å²) in [7, 11) is 0. The Morgan fingerprint density at radius 2 is 2.03 bits per heavy atom. The highest BCUT2D eigenvalue weighted by Crippen LogP contribution is 2.37. The number of rotatable bonds is 3. The Balaban J connectivity index is 1.42. The van der Waals surface area contributed by atoms with Crippen molar-refractivity contribution in [1.29, 1.82) is 0 Å². The maximum atomic E-state index is 14.5. The third-order valence-corrected chi connectivity index (χ3v) is 5.98. The lowest BCUT2D eigenvalue weighted by Gasteiger charge is -2.26. The van der Waals surface area contributed by atoms with Crippen LogP contribution in [0.15, 0.2) is 36.7 Å². The fraction of sp³-hybridized carbons (Fsp3) is 0.333. The monoisotopic (exact) mass is 423 g/mol. The molecule has 1 saturated heterocycles. The molecule has 1 fully saturated rings. The van der Waals surface area contributed by atoms with Crippen molar-refractivity contribution in [3.05, 3.63) is 59.7 Å². The van der Waals surface area contributed by atoms with Gasteiger partial charge in [0, 0.05) is 24.8 Å². The van der Waals surface area contributed by atoms with Gasteiger partial charge in [-0.05, 0) is 37.1 Å². The van der Waals surface area contributed by atoms with E-state index >= 15 is 0 Å². The van der Waals surface area contributed by atoms with Gasteiger partial charge in [-0.3, -0.25) is 0 Å². The van der Waals surface area contributed by atoms with E-state index in [0.717, 1.165) is 30.3 Å². The number of nitrogens with zero attached hydrogens (tertiary/aromatic N) is 7. The van der Waals surface area contributed by atoms with Gasteiger partial charge in [0.05, 0.1) is 24.4 Å². The third-order valence-electron chi connectivity index (χ3n) is 5.98. The number of ether oxygens (including phenoxy) is 1. The number of benzene rings is 1. The van der Waals surface area contributed by atoms with E-state index in [1.807, 2.05) is 21.7 Å². The quantitative estimate of drug-likeness (QED) is 0.504. The van der Waals surface area contributed by atoms with Gasteiger partial charge in [-0.1, -0.05) is 0 Å². The van der Waals surface area contributed by atoms with Crippen LogP contribution >= 0.6 is 0 Å². The molecule has 3 aromatic heterocycles. The van der Waals surface area contributed by atoms with Crippen molar-refractivity contribution >= 4 is 11.5 Å². The Morgan fingerprint density at radius 3 is 2.97 bits per heavy atom.